The third-order valence-electron chi connectivity index (χ3n) is 5.70. The number of carbonyl (C=O) groups is 2. The summed E-state index contributed by atoms with van der Waals surface area (Å²) in [4.78, 5) is 26.8. The molecule has 0 bridgehead atoms. The fraction of sp³-hybridized carbons (Fsp3) is 0.103. The van der Waals surface area contributed by atoms with Crippen LogP contribution in [-0.2, 0) is 4.79 Å². The van der Waals surface area contributed by atoms with E-state index in [0.29, 0.717) is 21.8 Å². The maximum Gasteiger partial charge on any atom is 0.251 e. The van der Waals surface area contributed by atoms with E-state index >= 15 is 0 Å². The molecule has 0 aromatic heterocycles. The Hall–Kier alpha value is -3.89. The summed E-state index contributed by atoms with van der Waals surface area (Å²) in [5, 5.41) is 6.97. The third-order valence-corrected chi connectivity index (χ3v) is 5.95. The van der Waals surface area contributed by atoms with E-state index in [-0.39, 0.29) is 11.7 Å². The molecule has 4 nitrogen and oxygen atoms in total. The predicted molar refractivity (Wildman–Crippen MR) is 139 cm³/mol. The predicted octanol–water partition coefficient (Wildman–Crippen LogP) is 6.98. The number of ketones is 1. The van der Waals surface area contributed by atoms with E-state index in [1.807, 2.05) is 80.6 Å². The average molecular weight is 469 g/mol. The number of halogens is 1. The van der Waals surface area contributed by atoms with Crippen molar-refractivity contribution >= 4 is 34.7 Å². The summed E-state index contributed by atoms with van der Waals surface area (Å²) in [5.41, 5.74) is 5.11. The molecular weight excluding hydrogens is 444 g/mol. The Labute approximate surface area is 204 Å². The van der Waals surface area contributed by atoms with E-state index in [0.717, 1.165) is 22.4 Å². The second-order valence-corrected chi connectivity index (χ2v) is 8.56. The van der Waals surface area contributed by atoms with Crippen molar-refractivity contribution in [3.63, 3.8) is 0 Å². The monoisotopic (exact) mass is 468 g/mol. The first-order valence-corrected chi connectivity index (χ1v) is 11.4. The number of rotatable bonds is 7. The maximum absolute atomic E-state index is 13.6. The molecule has 4 aromatic rings. The van der Waals surface area contributed by atoms with Crippen molar-refractivity contribution in [2.75, 3.05) is 10.6 Å². The zero-order valence-corrected chi connectivity index (χ0v) is 19.8. The standard InChI is InChI=1S/C29H25ClN2O2/c1-19-9-8-10-20(2)26(19)32-29(34)27(21-15-17-23(30)18-16-21)31-25-14-7-6-13-24(25)28(33)22-11-4-3-5-12-22/h3-18,27,31H,1-2H3,(H,32,34). The van der Waals surface area contributed by atoms with Gasteiger partial charge in [0.15, 0.2) is 5.78 Å². The van der Waals surface area contributed by atoms with Crippen LogP contribution in [0.4, 0.5) is 11.4 Å². The molecule has 0 aliphatic rings. The highest BCUT2D eigenvalue weighted by molar-refractivity contribution is 6.30. The van der Waals surface area contributed by atoms with Gasteiger partial charge in [0.25, 0.3) is 5.91 Å². The summed E-state index contributed by atoms with van der Waals surface area (Å²) in [6.45, 7) is 3.92. The van der Waals surface area contributed by atoms with Crippen LogP contribution in [0, 0.1) is 13.8 Å². The fourth-order valence-electron chi connectivity index (χ4n) is 3.87. The van der Waals surface area contributed by atoms with Crippen LogP contribution in [0.1, 0.15) is 38.7 Å². The molecule has 34 heavy (non-hydrogen) atoms. The molecule has 4 rings (SSSR count). The van der Waals surface area contributed by atoms with Crippen LogP contribution in [0.3, 0.4) is 0 Å². The molecule has 0 fully saturated rings. The van der Waals surface area contributed by atoms with Gasteiger partial charge in [0.1, 0.15) is 6.04 Å². The van der Waals surface area contributed by atoms with E-state index in [1.54, 1.807) is 30.3 Å². The highest BCUT2D eigenvalue weighted by Crippen LogP contribution is 2.28. The van der Waals surface area contributed by atoms with Crippen molar-refractivity contribution in [3.05, 3.63) is 130 Å². The van der Waals surface area contributed by atoms with Crippen LogP contribution in [0.15, 0.2) is 97.1 Å². The van der Waals surface area contributed by atoms with Crippen LogP contribution < -0.4 is 10.6 Å². The first kappa shape index (κ1) is 23.3. The number of aryl methyl sites for hydroxylation is 2. The molecule has 0 radical (unpaired) electrons. The number of anilines is 2. The summed E-state index contributed by atoms with van der Waals surface area (Å²) >= 11 is 6.10. The van der Waals surface area contributed by atoms with Gasteiger partial charge in [-0.3, -0.25) is 9.59 Å². The lowest BCUT2D eigenvalue weighted by Gasteiger charge is -2.23. The zero-order chi connectivity index (χ0) is 24.1. The summed E-state index contributed by atoms with van der Waals surface area (Å²) in [6.07, 6.45) is 0. The Morgan fingerprint density at radius 2 is 1.35 bits per heavy atom. The summed E-state index contributed by atoms with van der Waals surface area (Å²) in [7, 11) is 0. The van der Waals surface area contributed by atoms with Gasteiger partial charge in [-0.15, -0.1) is 0 Å². The molecule has 5 heteroatoms. The topological polar surface area (TPSA) is 58.2 Å². The van der Waals surface area contributed by atoms with Gasteiger partial charge in [-0.2, -0.15) is 0 Å². The summed E-state index contributed by atoms with van der Waals surface area (Å²) < 4.78 is 0. The lowest BCUT2D eigenvalue weighted by Crippen LogP contribution is -2.28. The van der Waals surface area contributed by atoms with Gasteiger partial charge in [-0.25, -0.2) is 0 Å². The molecule has 0 spiro atoms. The molecular formula is C29H25ClN2O2. The summed E-state index contributed by atoms with van der Waals surface area (Å²) in [5.74, 6) is -0.351. The van der Waals surface area contributed by atoms with Crippen LogP contribution in [0.25, 0.3) is 0 Å². The lowest BCUT2D eigenvalue weighted by atomic mass is 9.99. The van der Waals surface area contributed by atoms with E-state index < -0.39 is 6.04 Å². The van der Waals surface area contributed by atoms with Gasteiger partial charge in [-0.1, -0.05) is 84.4 Å². The Morgan fingerprint density at radius 1 is 0.735 bits per heavy atom. The normalized spacial score (nSPS) is 11.5. The number of amides is 1. The Balaban J connectivity index is 1.71. The number of hydrogen-bond donors (Lipinski definition) is 2. The molecule has 0 aliphatic heterocycles. The van der Waals surface area contributed by atoms with Crippen molar-refractivity contribution in [1.29, 1.82) is 0 Å². The molecule has 2 N–H and O–H groups in total. The molecule has 4 aromatic carbocycles. The van der Waals surface area contributed by atoms with E-state index in [4.69, 9.17) is 11.6 Å². The molecule has 1 atom stereocenters. The molecule has 1 unspecified atom stereocenters. The number of para-hydroxylation sites is 2. The van der Waals surface area contributed by atoms with Crippen molar-refractivity contribution in [3.8, 4) is 0 Å². The van der Waals surface area contributed by atoms with Crippen molar-refractivity contribution in [2.45, 2.75) is 19.9 Å². The number of hydrogen-bond acceptors (Lipinski definition) is 3. The minimum atomic E-state index is -0.749. The van der Waals surface area contributed by atoms with Crippen molar-refractivity contribution in [2.24, 2.45) is 0 Å². The zero-order valence-electron chi connectivity index (χ0n) is 19.0. The quantitative estimate of drug-likeness (QED) is 0.288. The van der Waals surface area contributed by atoms with Crippen LogP contribution in [-0.4, -0.2) is 11.7 Å². The Kier molecular flexibility index (Phi) is 7.09. The van der Waals surface area contributed by atoms with Gasteiger partial charge in [0.2, 0.25) is 0 Å². The number of carbonyl (C=O) groups excluding carboxylic acids is 2. The lowest BCUT2D eigenvalue weighted by molar-refractivity contribution is -0.117. The molecule has 0 aliphatic carbocycles. The van der Waals surface area contributed by atoms with Crippen LogP contribution in [0.2, 0.25) is 5.02 Å². The van der Waals surface area contributed by atoms with Gasteiger partial charge in [0, 0.05) is 27.5 Å². The average Bonchev–Trinajstić information content (AvgIpc) is 2.86. The molecule has 0 saturated carbocycles. The molecule has 0 saturated heterocycles. The first-order valence-electron chi connectivity index (χ1n) is 11.0. The molecule has 170 valence electrons. The minimum Gasteiger partial charge on any atom is -0.369 e. The van der Waals surface area contributed by atoms with Gasteiger partial charge >= 0.3 is 0 Å². The molecule has 1 amide bonds. The maximum atomic E-state index is 13.6. The highest BCUT2D eigenvalue weighted by Gasteiger charge is 2.24. The minimum absolute atomic E-state index is 0.117. The second-order valence-electron chi connectivity index (χ2n) is 8.13. The van der Waals surface area contributed by atoms with Crippen LogP contribution in [0.5, 0.6) is 0 Å². The van der Waals surface area contributed by atoms with Crippen LogP contribution >= 0.6 is 11.6 Å². The number of nitrogens with one attached hydrogen (secondary N) is 2. The first-order chi connectivity index (χ1) is 16.4. The highest BCUT2D eigenvalue weighted by atomic mass is 35.5. The Morgan fingerprint density at radius 3 is 2.03 bits per heavy atom. The molecule has 0 heterocycles. The second kappa shape index (κ2) is 10.4. The van der Waals surface area contributed by atoms with Gasteiger partial charge < -0.3 is 10.6 Å². The Bertz CT molecular complexity index is 1300. The SMILES string of the molecule is Cc1cccc(C)c1NC(=O)C(Nc1ccccc1C(=O)c1ccccc1)c1ccc(Cl)cc1. The van der Waals surface area contributed by atoms with E-state index in [2.05, 4.69) is 10.6 Å². The van der Waals surface area contributed by atoms with Crippen molar-refractivity contribution in [1.82, 2.24) is 0 Å². The van der Waals surface area contributed by atoms with Crippen molar-refractivity contribution < 1.29 is 9.59 Å². The smallest absolute Gasteiger partial charge is 0.251 e. The van der Waals surface area contributed by atoms with E-state index in [1.165, 1.54) is 0 Å². The summed E-state index contributed by atoms with van der Waals surface area (Å²) in [6, 6.07) is 28.6. The van der Waals surface area contributed by atoms with E-state index in [9.17, 15) is 9.59 Å². The third kappa shape index (κ3) is 5.19. The van der Waals surface area contributed by atoms with Gasteiger partial charge in [-0.05, 0) is 54.8 Å². The fourth-order valence-corrected chi connectivity index (χ4v) is 4.00. The number of benzene rings is 4. The van der Waals surface area contributed by atoms with Gasteiger partial charge in [0.05, 0.1) is 0 Å². The largest absolute Gasteiger partial charge is 0.369 e.